The molecule has 1 atom stereocenters. The number of benzene rings is 1. The van der Waals surface area contributed by atoms with Crippen LogP contribution in [-0.4, -0.2) is 75.8 Å². The number of likely N-dealkylation sites (N-methyl/N-ethyl adjacent to an activating group) is 1. The van der Waals surface area contributed by atoms with E-state index in [1.807, 2.05) is 39.6 Å². The summed E-state index contributed by atoms with van der Waals surface area (Å²) in [6.07, 6.45) is 3.51. The second-order valence-electron chi connectivity index (χ2n) is 9.37. The fourth-order valence-corrected chi connectivity index (χ4v) is 5.06. The minimum atomic E-state index is -0.0648. The molecular weight excluding hydrogens is 414 g/mol. The molecule has 1 aromatic carbocycles. The van der Waals surface area contributed by atoms with E-state index < -0.39 is 0 Å². The van der Waals surface area contributed by atoms with Gasteiger partial charge in [-0.05, 0) is 57.1 Å². The maximum Gasteiger partial charge on any atom is 0.271 e. The van der Waals surface area contributed by atoms with Crippen LogP contribution in [0.2, 0.25) is 0 Å². The highest BCUT2D eigenvalue weighted by atomic mass is 16.2. The van der Waals surface area contributed by atoms with Crippen molar-refractivity contribution < 1.29 is 9.59 Å². The van der Waals surface area contributed by atoms with E-state index >= 15 is 0 Å². The van der Waals surface area contributed by atoms with Crippen molar-refractivity contribution in [2.75, 3.05) is 39.8 Å². The first-order chi connectivity index (χ1) is 15.9. The minimum Gasteiger partial charge on any atom is -0.340 e. The van der Waals surface area contributed by atoms with Gasteiger partial charge >= 0.3 is 0 Å². The molecule has 0 bridgehead atoms. The fraction of sp³-hybridized carbons (Fsp3) is 0.423. The van der Waals surface area contributed by atoms with Crippen LogP contribution in [-0.2, 0) is 7.05 Å². The Balaban J connectivity index is 1.35. The summed E-state index contributed by atoms with van der Waals surface area (Å²) in [5.41, 5.74) is 4.41. The Bertz CT molecular complexity index is 1190. The number of carbonyl (C=O) groups is 2. The van der Waals surface area contributed by atoms with Crippen molar-refractivity contribution in [3.8, 4) is 0 Å². The van der Waals surface area contributed by atoms with Crippen molar-refractivity contribution in [3.63, 3.8) is 0 Å². The Labute approximate surface area is 194 Å². The Morgan fingerprint density at radius 2 is 1.73 bits per heavy atom. The van der Waals surface area contributed by atoms with Crippen LogP contribution in [0.5, 0.6) is 0 Å². The minimum absolute atomic E-state index is 0.0345. The molecule has 0 saturated carbocycles. The van der Waals surface area contributed by atoms with Crippen LogP contribution in [0.25, 0.3) is 10.9 Å². The number of pyridine rings is 1. The number of aryl methyl sites for hydroxylation is 2. The molecule has 0 radical (unpaired) electrons. The van der Waals surface area contributed by atoms with Gasteiger partial charge in [0.25, 0.3) is 11.8 Å². The zero-order chi connectivity index (χ0) is 23.1. The molecule has 2 aromatic heterocycles. The van der Waals surface area contributed by atoms with Gasteiger partial charge in [0.2, 0.25) is 0 Å². The number of piperazine rings is 1. The molecule has 2 aliphatic rings. The number of aromatic nitrogens is 2. The molecule has 3 aromatic rings. The summed E-state index contributed by atoms with van der Waals surface area (Å²) in [6, 6.07) is 12.0. The predicted molar refractivity (Wildman–Crippen MR) is 128 cm³/mol. The van der Waals surface area contributed by atoms with E-state index in [1.54, 1.807) is 6.20 Å². The highest BCUT2D eigenvalue weighted by Crippen LogP contribution is 2.33. The third-order valence-corrected chi connectivity index (χ3v) is 7.10. The van der Waals surface area contributed by atoms with E-state index in [0.29, 0.717) is 17.8 Å². The number of carbonyl (C=O) groups excluding carboxylic acids is 2. The maximum atomic E-state index is 13.5. The summed E-state index contributed by atoms with van der Waals surface area (Å²) in [4.78, 5) is 37.1. The zero-order valence-electron chi connectivity index (χ0n) is 19.6. The van der Waals surface area contributed by atoms with Crippen molar-refractivity contribution >= 4 is 22.7 Å². The van der Waals surface area contributed by atoms with Gasteiger partial charge in [-0.15, -0.1) is 0 Å². The quantitative estimate of drug-likeness (QED) is 0.621. The first kappa shape index (κ1) is 21.6. The summed E-state index contributed by atoms with van der Waals surface area (Å²) in [5.74, 6) is 0.0699. The lowest BCUT2D eigenvalue weighted by Gasteiger charge is -2.32. The van der Waals surface area contributed by atoms with Gasteiger partial charge in [-0.25, -0.2) is 0 Å². The van der Waals surface area contributed by atoms with Crippen molar-refractivity contribution in [2.24, 2.45) is 7.05 Å². The molecule has 7 nitrogen and oxygen atoms in total. The maximum absolute atomic E-state index is 13.5. The third kappa shape index (κ3) is 4.02. The number of fused-ring (bicyclic) bond motifs is 1. The lowest BCUT2D eigenvalue weighted by molar-refractivity contribution is 0.0661. The number of hydrogen-bond donors (Lipinski definition) is 0. The van der Waals surface area contributed by atoms with Gasteiger partial charge in [0.15, 0.2) is 0 Å². The standard InChI is InChI=1S/C26H31N5O2/c1-18-6-9-22-20(15-18)16-24(29(22)3)26(33)31-10-4-5-23(31)21-8-7-19(17-27-21)25(32)30-13-11-28(2)12-14-30/h6-9,15-17,23H,4-5,10-14H2,1-3H3. The molecule has 2 aliphatic heterocycles. The van der Waals surface area contributed by atoms with Crippen LogP contribution in [0.1, 0.15) is 51.0 Å². The first-order valence-electron chi connectivity index (χ1n) is 11.7. The SMILES string of the molecule is Cc1ccc2c(c1)cc(C(=O)N1CCCC1c1ccc(C(=O)N3CCN(C)CC3)cn1)n2C. The normalized spacial score (nSPS) is 19.4. The van der Waals surface area contributed by atoms with Crippen molar-refractivity contribution in [1.29, 1.82) is 0 Å². The highest BCUT2D eigenvalue weighted by molar-refractivity contribution is 5.99. The summed E-state index contributed by atoms with van der Waals surface area (Å²) in [7, 11) is 4.03. The van der Waals surface area contributed by atoms with E-state index in [4.69, 9.17) is 0 Å². The summed E-state index contributed by atoms with van der Waals surface area (Å²) < 4.78 is 1.98. The summed E-state index contributed by atoms with van der Waals surface area (Å²) in [5, 5.41) is 1.08. The van der Waals surface area contributed by atoms with Crippen molar-refractivity contribution in [1.82, 2.24) is 24.3 Å². The number of hydrogen-bond acceptors (Lipinski definition) is 4. The van der Waals surface area contributed by atoms with Gasteiger partial charge in [-0.3, -0.25) is 14.6 Å². The van der Waals surface area contributed by atoms with E-state index in [1.165, 1.54) is 5.56 Å². The average Bonchev–Trinajstić information content (AvgIpc) is 3.44. The van der Waals surface area contributed by atoms with Gasteiger partial charge in [0, 0.05) is 56.9 Å². The van der Waals surface area contributed by atoms with Gasteiger partial charge < -0.3 is 19.3 Å². The van der Waals surface area contributed by atoms with Crippen molar-refractivity contribution in [3.05, 3.63) is 65.1 Å². The summed E-state index contributed by atoms with van der Waals surface area (Å²) >= 11 is 0. The Kier molecular flexibility index (Phi) is 5.66. The molecule has 2 amide bonds. The molecule has 0 spiro atoms. The lowest BCUT2D eigenvalue weighted by Crippen LogP contribution is -2.47. The molecule has 7 heteroatoms. The molecule has 2 fully saturated rings. The van der Waals surface area contributed by atoms with Gasteiger partial charge in [-0.2, -0.15) is 0 Å². The van der Waals surface area contributed by atoms with Gasteiger partial charge in [0.1, 0.15) is 5.69 Å². The lowest BCUT2D eigenvalue weighted by atomic mass is 10.1. The molecule has 33 heavy (non-hydrogen) atoms. The largest absolute Gasteiger partial charge is 0.340 e. The molecule has 4 heterocycles. The predicted octanol–water partition coefficient (Wildman–Crippen LogP) is 3.25. The van der Waals surface area contributed by atoms with Crippen LogP contribution >= 0.6 is 0 Å². The van der Waals surface area contributed by atoms with Crippen LogP contribution in [0, 0.1) is 6.92 Å². The Morgan fingerprint density at radius 1 is 0.939 bits per heavy atom. The molecule has 5 rings (SSSR count). The summed E-state index contributed by atoms with van der Waals surface area (Å²) in [6.45, 7) is 6.05. The average molecular weight is 446 g/mol. The first-order valence-corrected chi connectivity index (χ1v) is 11.7. The van der Waals surface area contributed by atoms with E-state index in [0.717, 1.165) is 55.6 Å². The van der Waals surface area contributed by atoms with E-state index in [9.17, 15) is 9.59 Å². The van der Waals surface area contributed by atoms with Crippen LogP contribution < -0.4 is 0 Å². The smallest absolute Gasteiger partial charge is 0.271 e. The van der Waals surface area contributed by atoms with E-state index in [2.05, 4.69) is 42.1 Å². The topological polar surface area (TPSA) is 61.7 Å². The molecule has 0 N–H and O–H groups in total. The third-order valence-electron chi connectivity index (χ3n) is 7.10. The van der Waals surface area contributed by atoms with Crippen molar-refractivity contribution in [2.45, 2.75) is 25.8 Å². The number of rotatable bonds is 3. The Hall–Kier alpha value is -3.19. The zero-order valence-corrected chi connectivity index (χ0v) is 19.6. The van der Waals surface area contributed by atoms with Crippen LogP contribution in [0.3, 0.4) is 0 Å². The van der Waals surface area contributed by atoms with Gasteiger partial charge in [0.05, 0.1) is 17.3 Å². The van der Waals surface area contributed by atoms with Crippen LogP contribution in [0.4, 0.5) is 0 Å². The molecule has 0 aliphatic carbocycles. The van der Waals surface area contributed by atoms with Crippen LogP contribution in [0.15, 0.2) is 42.6 Å². The Morgan fingerprint density at radius 3 is 2.45 bits per heavy atom. The molecule has 172 valence electrons. The molecule has 1 unspecified atom stereocenters. The fourth-order valence-electron chi connectivity index (χ4n) is 5.06. The van der Waals surface area contributed by atoms with Gasteiger partial charge in [-0.1, -0.05) is 11.6 Å². The second kappa shape index (κ2) is 8.63. The molecular formula is C26H31N5O2. The number of likely N-dealkylation sites (tertiary alicyclic amines) is 1. The highest BCUT2D eigenvalue weighted by Gasteiger charge is 2.33. The number of nitrogens with zero attached hydrogens (tertiary/aromatic N) is 5. The second-order valence-corrected chi connectivity index (χ2v) is 9.37. The monoisotopic (exact) mass is 445 g/mol. The van der Waals surface area contributed by atoms with E-state index in [-0.39, 0.29) is 17.9 Å². The number of amides is 2. The molecule has 2 saturated heterocycles.